The Balaban J connectivity index is 1.23. The largest absolute Gasteiger partial charge is 0.487 e. The monoisotopic (exact) mass is 411 g/mol. The van der Waals surface area contributed by atoms with Gasteiger partial charge in [-0.05, 0) is 42.8 Å². The second-order valence-corrected chi connectivity index (χ2v) is 7.50. The SMILES string of the molecule is Cc1ccc2c(CC(=O)Nc3cccc(OCc4cn5ccccc5n4)c3)coc2c1. The van der Waals surface area contributed by atoms with E-state index in [1.807, 2.05) is 84.4 Å². The molecule has 0 radical (unpaired) electrons. The van der Waals surface area contributed by atoms with Crippen LogP contribution >= 0.6 is 0 Å². The molecule has 1 N–H and O–H groups in total. The lowest BCUT2D eigenvalue weighted by molar-refractivity contribution is -0.115. The second-order valence-electron chi connectivity index (χ2n) is 7.50. The van der Waals surface area contributed by atoms with Crippen LogP contribution in [0.25, 0.3) is 16.6 Å². The van der Waals surface area contributed by atoms with Gasteiger partial charge >= 0.3 is 0 Å². The van der Waals surface area contributed by atoms with Gasteiger partial charge in [-0.1, -0.05) is 24.3 Å². The van der Waals surface area contributed by atoms with Crippen LogP contribution in [-0.2, 0) is 17.8 Å². The molecule has 0 atom stereocenters. The van der Waals surface area contributed by atoms with Gasteiger partial charge in [0.2, 0.25) is 5.91 Å². The van der Waals surface area contributed by atoms with Crippen molar-refractivity contribution >= 4 is 28.2 Å². The molecule has 5 aromatic rings. The molecule has 0 spiro atoms. The number of anilines is 1. The van der Waals surface area contributed by atoms with Crippen LogP contribution in [-0.4, -0.2) is 15.3 Å². The molecule has 0 unspecified atom stereocenters. The number of hydrogen-bond acceptors (Lipinski definition) is 4. The molecule has 0 saturated carbocycles. The Kier molecular flexibility index (Phi) is 4.88. The zero-order valence-corrected chi connectivity index (χ0v) is 17.0. The van der Waals surface area contributed by atoms with Gasteiger partial charge in [0.1, 0.15) is 23.6 Å². The molecule has 0 fully saturated rings. The summed E-state index contributed by atoms with van der Waals surface area (Å²) in [6, 6.07) is 19.2. The number of benzene rings is 2. The molecule has 154 valence electrons. The van der Waals surface area contributed by atoms with E-state index in [0.717, 1.165) is 33.4 Å². The third-order valence-corrected chi connectivity index (χ3v) is 5.08. The van der Waals surface area contributed by atoms with Crippen LogP contribution in [0.5, 0.6) is 5.75 Å². The predicted molar refractivity (Wildman–Crippen MR) is 119 cm³/mol. The lowest BCUT2D eigenvalue weighted by atomic mass is 10.1. The summed E-state index contributed by atoms with van der Waals surface area (Å²) < 4.78 is 13.4. The second kappa shape index (κ2) is 7.99. The summed E-state index contributed by atoms with van der Waals surface area (Å²) in [4.78, 5) is 17.1. The Morgan fingerprint density at radius 1 is 1.13 bits per heavy atom. The fourth-order valence-electron chi connectivity index (χ4n) is 3.58. The van der Waals surface area contributed by atoms with E-state index < -0.39 is 0 Å². The van der Waals surface area contributed by atoms with E-state index in [9.17, 15) is 4.79 Å². The van der Waals surface area contributed by atoms with Crippen molar-refractivity contribution in [1.82, 2.24) is 9.38 Å². The van der Waals surface area contributed by atoms with E-state index in [-0.39, 0.29) is 12.3 Å². The van der Waals surface area contributed by atoms with Crippen molar-refractivity contribution in [2.45, 2.75) is 20.0 Å². The molecular weight excluding hydrogens is 390 g/mol. The minimum atomic E-state index is -0.110. The Bertz CT molecular complexity index is 1350. The smallest absolute Gasteiger partial charge is 0.228 e. The average Bonchev–Trinajstić information content (AvgIpc) is 3.36. The van der Waals surface area contributed by atoms with Crippen LogP contribution in [0.4, 0.5) is 5.69 Å². The van der Waals surface area contributed by atoms with E-state index >= 15 is 0 Å². The number of rotatable bonds is 6. The van der Waals surface area contributed by atoms with Gasteiger partial charge < -0.3 is 18.9 Å². The number of furan rings is 1. The zero-order valence-electron chi connectivity index (χ0n) is 17.0. The van der Waals surface area contributed by atoms with Crippen LogP contribution in [0.1, 0.15) is 16.8 Å². The standard InChI is InChI=1S/C25H21N3O3/c1-17-8-9-22-18(15-31-23(22)11-17)12-25(29)27-19-5-4-6-21(13-19)30-16-20-14-28-10-3-2-7-24(28)26-20/h2-11,13-15H,12,16H2,1H3,(H,27,29). The number of carbonyl (C=O) groups is 1. The number of nitrogens with zero attached hydrogens (tertiary/aromatic N) is 2. The summed E-state index contributed by atoms with van der Waals surface area (Å²) in [6.45, 7) is 2.36. The summed E-state index contributed by atoms with van der Waals surface area (Å²) in [5.74, 6) is 0.555. The Morgan fingerprint density at radius 2 is 2.06 bits per heavy atom. The molecule has 3 aromatic heterocycles. The van der Waals surface area contributed by atoms with Crippen LogP contribution in [0.2, 0.25) is 0 Å². The fraction of sp³-hybridized carbons (Fsp3) is 0.120. The molecule has 3 heterocycles. The highest BCUT2D eigenvalue weighted by molar-refractivity contribution is 5.95. The molecule has 31 heavy (non-hydrogen) atoms. The van der Waals surface area contributed by atoms with Crippen LogP contribution < -0.4 is 10.1 Å². The quantitative estimate of drug-likeness (QED) is 0.420. The van der Waals surface area contributed by atoms with Gasteiger partial charge in [0.25, 0.3) is 0 Å². The summed E-state index contributed by atoms with van der Waals surface area (Å²) in [5.41, 5.74) is 5.18. The van der Waals surface area contributed by atoms with Gasteiger partial charge in [-0.15, -0.1) is 0 Å². The number of nitrogens with one attached hydrogen (secondary N) is 1. The number of carbonyl (C=O) groups excluding carboxylic acids is 1. The van der Waals surface area contributed by atoms with Crippen LogP contribution in [0.3, 0.4) is 0 Å². The molecule has 0 aliphatic carbocycles. The third kappa shape index (κ3) is 4.14. The van der Waals surface area contributed by atoms with Gasteiger partial charge in [-0.2, -0.15) is 0 Å². The minimum absolute atomic E-state index is 0.110. The van der Waals surface area contributed by atoms with Crippen molar-refractivity contribution in [3.05, 3.63) is 96.1 Å². The maximum atomic E-state index is 12.6. The summed E-state index contributed by atoms with van der Waals surface area (Å²) >= 11 is 0. The Morgan fingerprint density at radius 3 is 2.97 bits per heavy atom. The molecule has 0 aliphatic heterocycles. The Hall–Kier alpha value is -4.06. The molecule has 0 saturated heterocycles. The number of amides is 1. The first-order chi connectivity index (χ1) is 15.1. The molecule has 0 aliphatic rings. The highest BCUT2D eigenvalue weighted by atomic mass is 16.5. The number of ether oxygens (including phenoxy) is 1. The lowest BCUT2D eigenvalue weighted by Crippen LogP contribution is -2.14. The first-order valence-corrected chi connectivity index (χ1v) is 10.1. The van der Waals surface area contributed by atoms with Gasteiger partial charge in [0.15, 0.2) is 0 Å². The van der Waals surface area contributed by atoms with Crippen molar-refractivity contribution in [3.8, 4) is 5.75 Å². The van der Waals surface area contributed by atoms with E-state index in [0.29, 0.717) is 18.0 Å². The highest BCUT2D eigenvalue weighted by Gasteiger charge is 2.11. The predicted octanol–water partition coefficient (Wildman–Crippen LogP) is 5.15. The molecule has 6 heteroatoms. The molecule has 2 aromatic carbocycles. The molecule has 6 nitrogen and oxygen atoms in total. The first-order valence-electron chi connectivity index (χ1n) is 10.1. The number of aromatic nitrogens is 2. The first kappa shape index (κ1) is 18.9. The average molecular weight is 411 g/mol. The lowest BCUT2D eigenvalue weighted by Gasteiger charge is -2.08. The van der Waals surface area contributed by atoms with E-state index in [1.54, 1.807) is 6.26 Å². The summed E-state index contributed by atoms with van der Waals surface area (Å²) in [7, 11) is 0. The highest BCUT2D eigenvalue weighted by Crippen LogP contribution is 2.24. The molecule has 0 bridgehead atoms. The van der Waals surface area contributed by atoms with E-state index in [1.165, 1.54) is 0 Å². The maximum absolute atomic E-state index is 12.6. The normalized spacial score (nSPS) is 11.1. The van der Waals surface area contributed by atoms with Crippen molar-refractivity contribution in [3.63, 3.8) is 0 Å². The third-order valence-electron chi connectivity index (χ3n) is 5.08. The number of pyridine rings is 1. The number of fused-ring (bicyclic) bond motifs is 2. The molecule has 5 rings (SSSR count). The van der Waals surface area contributed by atoms with E-state index in [2.05, 4.69) is 10.3 Å². The minimum Gasteiger partial charge on any atom is -0.487 e. The van der Waals surface area contributed by atoms with E-state index in [4.69, 9.17) is 9.15 Å². The van der Waals surface area contributed by atoms with Crippen molar-refractivity contribution < 1.29 is 13.9 Å². The van der Waals surface area contributed by atoms with Crippen molar-refractivity contribution in [2.75, 3.05) is 5.32 Å². The van der Waals surface area contributed by atoms with Crippen LogP contribution in [0, 0.1) is 6.92 Å². The van der Waals surface area contributed by atoms with Gasteiger partial charge in [-0.3, -0.25) is 4.79 Å². The van der Waals surface area contributed by atoms with Crippen molar-refractivity contribution in [2.24, 2.45) is 0 Å². The number of hydrogen-bond donors (Lipinski definition) is 1. The topological polar surface area (TPSA) is 68.8 Å². The summed E-state index contributed by atoms with van der Waals surface area (Å²) in [6.07, 6.45) is 5.78. The number of aryl methyl sites for hydroxylation is 1. The van der Waals surface area contributed by atoms with Gasteiger partial charge in [-0.25, -0.2) is 4.98 Å². The zero-order chi connectivity index (χ0) is 21.2. The summed E-state index contributed by atoms with van der Waals surface area (Å²) in [5, 5.41) is 3.90. The number of imidazole rings is 1. The van der Waals surface area contributed by atoms with Crippen molar-refractivity contribution in [1.29, 1.82) is 0 Å². The van der Waals surface area contributed by atoms with Gasteiger partial charge in [0.05, 0.1) is 18.4 Å². The Labute approximate surface area is 179 Å². The maximum Gasteiger partial charge on any atom is 0.228 e. The van der Waals surface area contributed by atoms with Crippen LogP contribution in [0.15, 0.2) is 83.7 Å². The van der Waals surface area contributed by atoms with Gasteiger partial charge in [0, 0.05) is 35.1 Å². The fourth-order valence-corrected chi connectivity index (χ4v) is 3.58. The molecule has 1 amide bonds. The molecular formula is C25H21N3O3.